The molecular formula is C10H9FN2O3. The number of rotatable bonds is 2. The molecule has 0 amide bonds. The Labute approximate surface area is 90.6 Å². The van der Waals surface area contributed by atoms with Gasteiger partial charge < -0.3 is 20.4 Å². The van der Waals surface area contributed by atoms with Crippen LogP contribution < -0.4 is 5.73 Å². The summed E-state index contributed by atoms with van der Waals surface area (Å²) in [5.41, 5.74) is 5.82. The molecule has 84 valence electrons. The van der Waals surface area contributed by atoms with Crippen LogP contribution in [0.25, 0.3) is 0 Å². The number of hydrogen-bond acceptors (Lipinski definition) is 4. The molecule has 0 aliphatic carbocycles. The molecule has 1 aliphatic rings. The van der Waals surface area contributed by atoms with Crippen LogP contribution in [0.4, 0.5) is 4.39 Å². The topological polar surface area (TPSA) is 77.1 Å². The van der Waals surface area contributed by atoms with E-state index in [0.29, 0.717) is 5.56 Å². The molecule has 0 atom stereocenters. The zero-order valence-electron chi connectivity index (χ0n) is 8.13. The first-order chi connectivity index (χ1) is 7.72. The summed E-state index contributed by atoms with van der Waals surface area (Å²) in [6.07, 6.45) is 2.11. The van der Waals surface area contributed by atoms with Gasteiger partial charge in [0.2, 0.25) is 0 Å². The maximum atomic E-state index is 13.5. The molecule has 5 nitrogen and oxygen atoms in total. The van der Waals surface area contributed by atoms with E-state index >= 15 is 0 Å². The molecule has 6 heteroatoms. The van der Waals surface area contributed by atoms with Gasteiger partial charge in [0.25, 0.3) is 6.29 Å². The minimum atomic E-state index is -0.643. The van der Waals surface area contributed by atoms with Crippen LogP contribution in [0.3, 0.4) is 0 Å². The quantitative estimate of drug-likeness (QED) is 0.345. The Balaban J connectivity index is 2.29. The number of nitrogens with two attached hydrogens (primary N) is 1. The van der Waals surface area contributed by atoms with Crippen LogP contribution in [0.2, 0.25) is 0 Å². The average Bonchev–Trinajstić information content (AvgIpc) is 2.81. The van der Waals surface area contributed by atoms with Crippen LogP contribution in [0.15, 0.2) is 35.9 Å². The van der Waals surface area contributed by atoms with E-state index in [0.717, 1.165) is 0 Å². The van der Waals surface area contributed by atoms with Gasteiger partial charge in [-0.3, -0.25) is 0 Å². The number of amidine groups is 1. The maximum absolute atomic E-state index is 13.5. The van der Waals surface area contributed by atoms with Crippen molar-refractivity contribution >= 4 is 5.84 Å². The Morgan fingerprint density at radius 3 is 2.62 bits per heavy atom. The highest BCUT2D eigenvalue weighted by Gasteiger charge is 2.18. The monoisotopic (exact) mass is 224 g/mol. The van der Waals surface area contributed by atoms with Crippen molar-refractivity contribution in [3.05, 3.63) is 47.7 Å². The fourth-order valence-corrected chi connectivity index (χ4v) is 1.34. The first-order valence-electron chi connectivity index (χ1n) is 4.45. The number of benzene rings is 1. The highest BCUT2D eigenvalue weighted by Crippen LogP contribution is 2.25. The number of hydrogen-bond donors (Lipinski definition) is 2. The molecule has 0 bridgehead atoms. The van der Waals surface area contributed by atoms with Gasteiger partial charge in [0.15, 0.2) is 5.84 Å². The van der Waals surface area contributed by atoms with Crippen molar-refractivity contribution in [2.24, 2.45) is 10.9 Å². The van der Waals surface area contributed by atoms with Gasteiger partial charge in [0.1, 0.15) is 18.3 Å². The number of nitrogens with zero attached hydrogens (tertiary/aromatic N) is 1. The first kappa shape index (κ1) is 10.3. The third-order valence-corrected chi connectivity index (χ3v) is 2.11. The summed E-state index contributed by atoms with van der Waals surface area (Å²) in [5.74, 6) is -0.887. The molecule has 1 heterocycles. The standard InChI is InChI=1S/C10H9FN2O3/c11-8-5-6(10-15-3-4-16-10)1-2-7(8)9(12)13-14/h1-5,10,14H,(H2,12,13). The fraction of sp³-hybridized carbons (Fsp3) is 0.100. The molecule has 3 N–H and O–H groups in total. The summed E-state index contributed by atoms with van der Waals surface area (Å²) < 4.78 is 23.6. The molecule has 1 aromatic rings. The van der Waals surface area contributed by atoms with E-state index in [2.05, 4.69) is 5.16 Å². The Morgan fingerprint density at radius 1 is 1.38 bits per heavy atom. The van der Waals surface area contributed by atoms with Crippen LogP contribution in [0.1, 0.15) is 17.4 Å². The highest BCUT2D eigenvalue weighted by atomic mass is 19.1. The summed E-state index contributed by atoms with van der Waals surface area (Å²) in [5, 5.41) is 11.2. The van der Waals surface area contributed by atoms with Crippen molar-refractivity contribution in [3.8, 4) is 0 Å². The number of oxime groups is 1. The van der Waals surface area contributed by atoms with E-state index in [1.807, 2.05) is 0 Å². The molecule has 0 saturated heterocycles. The lowest BCUT2D eigenvalue weighted by Gasteiger charge is -2.11. The number of halogens is 1. The molecule has 1 aliphatic heterocycles. The van der Waals surface area contributed by atoms with Gasteiger partial charge in [-0.15, -0.1) is 0 Å². The molecule has 0 saturated carbocycles. The Morgan fingerprint density at radius 2 is 2.06 bits per heavy atom. The van der Waals surface area contributed by atoms with Crippen molar-refractivity contribution < 1.29 is 19.1 Å². The maximum Gasteiger partial charge on any atom is 0.266 e. The zero-order chi connectivity index (χ0) is 11.5. The fourth-order valence-electron chi connectivity index (χ4n) is 1.34. The second-order valence-corrected chi connectivity index (χ2v) is 3.10. The van der Waals surface area contributed by atoms with E-state index in [-0.39, 0.29) is 11.4 Å². The van der Waals surface area contributed by atoms with Crippen LogP contribution in [-0.2, 0) is 9.47 Å². The van der Waals surface area contributed by atoms with E-state index < -0.39 is 12.1 Å². The van der Waals surface area contributed by atoms with E-state index in [4.69, 9.17) is 20.4 Å². The minimum absolute atomic E-state index is 0.0252. The second kappa shape index (κ2) is 4.09. The minimum Gasteiger partial charge on any atom is -0.455 e. The van der Waals surface area contributed by atoms with E-state index in [1.165, 1.54) is 24.7 Å². The molecule has 2 rings (SSSR count). The van der Waals surface area contributed by atoms with Crippen molar-refractivity contribution in [2.45, 2.75) is 6.29 Å². The molecule has 1 aromatic carbocycles. The van der Waals surface area contributed by atoms with Crippen LogP contribution >= 0.6 is 0 Å². The van der Waals surface area contributed by atoms with Gasteiger partial charge >= 0.3 is 0 Å². The average molecular weight is 224 g/mol. The largest absolute Gasteiger partial charge is 0.455 e. The van der Waals surface area contributed by atoms with Gasteiger partial charge in [-0.1, -0.05) is 11.2 Å². The summed E-state index contributed by atoms with van der Waals surface area (Å²) in [4.78, 5) is 0. The van der Waals surface area contributed by atoms with Crippen molar-refractivity contribution in [2.75, 3.05) is 0 Å². The summed E-state index contributed by atoms with van der Waals surface area (Å²) >= 11 is 0. The van der Waals surface area contributed by atoms with Gasteiger partial charge in [-0.05, 0) is 12.1 Å². The smallest absolute Gasteiger partial charge is 0.266 e. The van der Waals surface area contributed by atoms with Crippen LogP contribution in [-0.4, -0.2) is 11.0 Å². The van der Waals surface area contributed by atoms with E-state index in [1.54, 1.807) is 6.07 Å². The third-order valence-electron chi connectivity index (χ3n) is 2.11. The molecule has 0 spiro atoms. The summed E-state index contributed by atoms with van der Waals surface area (Å²) in [7, 11) is 0. The Hall–Kier alpha value is -2.24. The second-order valence-electron chi connectivity index (χ2n) is 3.10. The lowest BCUT2D eigenvalue weighted by atomic mass is 10.1. The van der Waals surface area contributed by atoms with Crippen molar-refractivity contribution in [3.63, 3.8) is 0 Å². The van der Waals surface area contributed by atoms with Gasteiger partial charge in [0.05, 0.1) is 5.56 Å². The first-order valence-corrected chi connectivity index (χ1v) is 4.45. The lowest BCUT2D eigenvalue weighted by Crippen LogP contribution is -2.15. The highest BCUT2D eigenvalue weighted by molar-refractivity contribution is 5.97. The molecule has 0 unspecified atom stereocenters. The lowest BCUT2D eigenvalue weighted by molar-refractivity contribution is -0.0248. The van der Waals surface area contributed by atoms with E-state index in [9.17, 15) is 4.39 Å². The number of ether oxygens (including phenoxy) is 2. The molecule has 0 radical (unpaired) electrons. The molecule has 0 fully saturated rings. The Bertz CT molecular complexity index is 451. The Kier molecular flexibility index (Phi) is 2.63. The van der Waals surface area contributed by atoms with Crippen LogP contribution in [0, 0.1) is 5.82 Å². The summed E-state index contributed by atoms with van der Waals surface area (Å²) in [6.45, 7) is 0. The van der Waals surface area contributed by atoms with Gasteiger partial charge in [-0.25, -0.2) is 4.39 Å². The third kappa shape index (κ3) is 1.77. The van der Waals surface area contributed by atoms with Crippen molar-refractivity contribution in [1.82, 2.24) is 0 Å². The zero-order valence-corrected chi connectivity index (χ0v) is 8.13. The normalized spacial score (nSPS) is 15.9. The predicted molar refractivity (Wildman–Crippen MR) is 53.0 cm³/mol. The van der Waals surface area contributed by atoms with Crippen molar-refractivity contribution in [1.29, 1.82) is 0 Å². The molecule has 0 aromatic heterocycles. The van der Waals surface area contributed by atoms with Gasteiger partial charge in [0, 0.05) is 5.56 Å². The predicted octanol–water partition coefficient (Wildman–Crippen LogP) is 1.44. The molecular weight excluding hydrogens is 215 g/mol. The summed E-state index contributed by atoms with van der Waals surface area (Å²) in [6, 6.07) is 4.18. The SMILES string of the molecule is NC(=NO)c1ccc(C2OC=CO2)cc1F. The van der Waals surface area contributed by atoms with Crippen LogP contribution in [0.5, 0.6) is 0 Å². The van der Waals surface area contributed by atoms with Gasteiger partial charge in [-0.2, -0.15) is 0 Å². The molecule has 16 heavy (non-hydrogen) atoms.